The Bertz CT molecular complexity index is 491. The molecular weight excluding hydrogens is 326 g/mol. The van der Waals surface area contributed by atoms with Crippen molar-refractivity contribution in [2.24, 2.45) is 0 Å². The molecule has 0 aliphatic heterocycles. The molecule has 2 N–H and O–H groups in total. The maximum Gasteiger partial charge on any atom is 0.337 e. The Morgan fingerprint density at radius 2 is 1.95 bits per heavy atom. The predicted octanol–water partition coefficient (Wildman–Crippen LogP) is 2.25. The van der Waals surface area contributed by atoms with Crippen LogP contribution < -0.4 is 0 Å². The fourth-order valence-corrected chi connectivity index (χ4v) is 1.89. The lowest BCUT2D eigenvalue weighted by atomic mass is 9.93. The molecule has 0 aliphatic rings. The largest absolute Gasteiger partial charge is 0.479 e. The molecule has 0 saturated heterocycles. The molecule has 1 aromatic carbocycles. The minimum absolute atomic E-state index is 0.0223. The number of ketones is 1. The zero-order chi connectivity index (χ0) is 14.6. The first-order valence-electron chi connectivity index (χ1n) is 5.26. The van der Waals surface area contributed by atoms with Crippen molar-refractivity contribution in [1.82, 2.24) is 0 Å². The normalized spacial score (nSPS) is 12.5. The Hall–Kier alpha value is -1.34. The summed E-state index contributed by atoms with van der Waals surface area (Å²) in [5, 5.41) is 18.3. The lowest BCUT2D eigenvalue weighted by Gasteiger charge is -2.16. The number of aliphatic carboxylic acids is 1. The van der Waals surface area contributed by atoms with Crippen molar-refractivity contribution in [2.75, 3.05) is 5.33 Å². The van der Waals surface area contributed by atoms with Gasteiger partial charge in [-0.25, -0.2) is 13.6 Å². The third kappa shape index (κ3) is 3.81. The summed E-state index contributed by atoms with van der Waals surface area (Å²) in [5.41, 5.74) is -0.883. The fraction of sp³-hybridized carbons (Fsp3) is 0.333. The topological polar surface area (TPSA) is 74.6 Å². The fourth-order valence-electron chi connectivity index (χ4n) is 1.69. The van der Waals surface area contributed by atoms with Gasteiger partial charge in [-0.05, 0) is 5.56 Å². The zero-order valence-electron chi connectivity index (χ0n) is 9.65. The van der Waals surface area contributed by atoms with Crippen molar-refractivity contribution in [3.8, 4) is 0 Å². The van der Waals surface area contributed by atoms with E-state index in [1.54, 1.807) is 0 Å². The van der Waals surface area contributed by atoms with E-state index in [0.717, 1.165) is 6.07 Å². The predicted molar refractivity (Wildman–Crippen MR) is 66.5 cm³/mol. The van der Waals surface area contributed by atoms with Gasteiger partial charge in [0.2, 0.25) is 0 Å². The van der Waals surface area contributed by atoms with E-state index in [9.17, 15) is 23.5 Å². The van der Waals surface area contributed by atoms with Gasteiger partial charge >= 0.3 is 5.97 Å². The second kappa shape index (κ2) is 6.72. The van der Waals surface area contributed by atoms with Crippen LogP contribution in [-0.2, 0) is 16.0 Å². The van der Waals surface area contributed by atoms with Gasteiger partial charge in [-0.1, -0.05) is 34.1 Å². The molecule has 0 spiro atoms. The highest BCUT2D eigenvalue weighted by Gasteiger charge is 2.27. The number of rotatable bonds is 6. The quantitative estimate of drug-likeness (QED) is 0.781. The molecule has 0 amide bonds. The van der Waals surface area contributed by atoms with E-state index in [4.69, 9.17) is 5.11 Å². The van der Waals surface area contributed by atoms with Gasteiger partial charge in [0.25, 0.3) is 6.43 Å². The van der Waals surface area contributed by atoms with E-state index in [-0.39, 0.29) is 23.1 Å². The summed E-state index contributed by atoms with van der Waals surface area (Å²) >= 11 is 2.93. The number of carboxylic acid groups (broad SMARTS) is 1. The summed E-state index contributed by atoms with van der Waals surface area (Å²) in [5.74, 6) is -1.94. The van der Waals surface area contributed by atoms with Crippen molar-refractivity contribution < 1.29 is 28.6 Å². The molecule has 0 aromatic heterocycles. The zero-order valence-corrected chi connectivity index (χ0v) is 11.2. The first-order valence-corrected chi connectivity index (χ1v) is 6.39. The number of aliphatic hydroxyl groups is 1. The van der Waals surface area contributed by atoms with E-state index in [1.807, 2.05) is 0 Å². The lowest BCUT2D eigenvalue weighted by molar-refractivity contribution is -0.147. The van der Waals surface area contributed by atoms with Crippen molar-refractivity contribution in [1.29, 1.82) is 0 Å². The van der Waals surface area contributed by atoms with Crippen molar-refractivity contribution in [2.45, 2.75) is 19.0 Å². The average Bonchev–Trinajstić information content (AvgIpc) is 2.37. The van der Waals surface area contributed by atoms with E-state index in [0.29, 0.717) is 0 Å². The van der Waals surface area contributed by atoms with Crippen LogP contribution in [0, 0.1) is 0 Å². The highest BCUT2D eigenvalue weighted by atomic mass is 79.9. The Balaban J connectivity index is 3.33. The third-order valence-electron chi connectivity index (χ3n) is 2.51. The molecular formula is C12H11BrF2O4. The molecule has 1 rings (SSSR count). The van der Waals surface area contributed by atoms with Gasteiger partial charge in [0.1, 0.15) is 5.78 Å². The number of hydrogen-bond acceptors (Lipinski definition) is 3. The molecule has 0 aliphatic carbocycles. The van der Waals surface area contributed by atoms with E-state index < -0.39 is 29.6 Å². The Morgan fingerprint density at radius 3 is 2.42 bits per heavy atom. The lowest BCUT2D eigenvalue weighted by Crippen LogP contribution is -2.17. The molecule has 1 atom stereocenters. The van der Waals surface area contributed by atoms with E-state index in [2.05, 4.69) is 15.9 Å². The summed E-state index contributed by atoms with van der Waals surface area (Å²) in [4.78, 5) is 22.1. The standard InChI is InChI=1S/C12H11BrF2O4/c13-5-7(16)4-6-2-1-3-8(11(14)15)9(6)10(17)12(18)19/h1-3,10-11,17H,4-5H2,(H,18,19). The van der Waals surface area contributed by atoms with Crippen LogP contribution in [0.15, 0.2) is 18.2 Å². The number of alkyl halides is 3. The third-order valence-corrected chi connectivity index (χ3v) is 3.13. The molecule has 0 fully saturated rings. The summed E-state index contributed by atoms with van der Waals surface area (Å²) in [6, 6.07) is 3.69. The van der Waals surface area contributed by atoms with Gasteiger partial charge in [0.15, 0.2) is 6.10 Å². The summed E-state index contributed by atoms with van der Waals surface area (Å²) in [7, 11) is 0. The number of Topliss-reactive ketones (excluding diaryl/α,β-unsaturated/α-hetero) is 1. The highest BCUT2D eigenvalue weighted by Crippen LogP contribution is 2.31. The van der Waals surface area contributed by atoms with Crippen LogP contribution in [0.4, 0.5) is 8.78 Å². The second-order valence-electron chi connectivity index (χ2n) is 3.81. The number of benzene rings is 1. The van der Waals surface area contributed by atoms with Gasteiger partial charge in [0, 0.05) is 17.5 Å². The summed E-state index contributed by atoms with van der Waals surface area (Å²) in [6.07, 6.45) is -5.22. The molecule has 104 valence electrons. The number of aliphatic hydroxyl groups excluding tert-OH is 1. The number of carboxylic acids is 1. The van der Waals surface area contributed by atoms with Crippen molar-refractivity contribution >= 4 is 27.7 Å². The number of carbonyl (C=O) groups is 2. The van der Waals surface area contributed by atoms with Crippen LogP contribution in [0.5, 0.6) is 0 Å². The van der Waals surface area contributed by atoms with Gasteiger partial charge in [0.05, 0.1) is 5.33 Å². The van der Waals surface area contributed by atoms with Gasteiger partial charge in [-0.15, -0.1) is 0 Å². The van der Waals surface area contributed by atoms with Crippen LogP contribution in [0.2, 0.25) is 0 Å². The smallest absolute Gasteiger partial charge is 0.337 e. The SMILES string of the molecule is O=C(CBr)Cc1cccc(C(F)F)c1C(O)C(=O)O. The van der Waals surface area contributed by atoms with E-state index in [1.165, 1.54) is 12.1 Å². The average molecular weight is 337 g/mol. The molecule has 1 aromatic rings. The molecule has 19 heavy (non-hydrogen) atoms. The minimum Gasteiger partial charge on any atom is -0.479 e. The Morgan fingerprint density at radius 1 is 1.32 bits per heavy atom. The number of carbonyl (C=O) groups excluding carboxylic acids is 1. The van der Waals surface area contributed by atoms with Crippen LogP contribution >= 0.6 is 15.9 Å². The molecule has 7 heteroatoms. The maximum atomic E-state index is 12.9. The molecule has 0 saturated carbocycles. The van der Waals surface area contributed by atoms with Crippen LogP contribution in [-0.4, -0.2) is 27.3 Å². The monoisotopic (exact) mass is 336 g/mol. The van der Waals surface area contributed by atoms with Crippen molar-refractivity contribution in [3.63, 3.8) is 0 Å². The van der Waals surface area contributed by atoms with Gasteiger partial charge in [-0.2, -0.15) is 0 Å². The Labute approximate surface area is 116 Å². The first kappa shape index (κ1) is 15.7. The van der Waals surface area contributed by atoms with E-state index >= 15 is 0 Å². The summed E-state index contributed by atoms with van der Waals surface area (Å²) < 4.78 is 25.7. The minimum atomic E-state index is -2.93. The molecule has 0 radical (unpaired) electrons. The number of halogens is 3. The van der Waals surface area contributed by atoms with Crippen LogP contribution in [0.1, 0.15) is 29.2 Å². The van der Waals surface area contributed by atoms with Gasteiger partial charge in [-0.3, -0.25) is 4.79 Å². The second-order valence-corrected chi connectivity index (χ2v) is 4.37. The first-order chi connectivity index (χ1) is 8.88. The molecule has 0 heterocycles. The summed E-state index contributed by atoms with van der Waals surface area (Å²) in [6.45, 7) is 0. The highest BCUT2D eigenvalue weighted by molar-refractivity contribution is 9.09. The molecule has 4 nitrogen and oxygen atoms in total. The maximum absolute atomic E-state index is 12.9. The molecule has 1 unspecified atom stereocenters. The van der Waals surface area contributed by atoms with Crippen LogP contribution in [0.3, 0.4) is 0 Å². The number of hydrogen-bond donors (Lipinski definition) is 2. The van der Waals surface area contributed by atoms with Crippen molar-refractivity contribution in [3.05, 3.63) is 34.9 Å². The van der Waals surface area contributed by atoms with Gasteiger partial charge < -0.3 is 10.2 Å². The Kier molecular flexibility index (Phi) is 5.56. The molecule has 0 bridgehead atoms. The van der Waals surface area contributed by atoms with Crippen LogP contribution in [0.25, 0.3) is 0 Å².